The summed E-state index contributed by atoms with van der Waals surface area (Å²) in [5.41, 5.74) is 0. The van der Waals surface area contributed by atoms with Crippen LogP contribution in [0, 0.1) is 11.7 Å². The molecule has 0 fully saturated rings. The number of rotatable bonds is 7. The Morgan fingerprint density at radius 3 is 2.48 bits per heavy atom. The lowest BCUT2D eigenvalue weighted by Crippen LogP contribution is -2.49. The lowest BCUT2D eigenvalue weighted by Gasteiger charge is -2.22. The zero-order valence-electron chi connectivity index (χ0n) is 12.3. The molecule has 5 nitrogen and oxygen atoms in total. The zero-order chi connectivity index (χ0) is 16.0. The largest absolute Gasteiger partial charge is 0.480 e. The number of hydrogen-bond donors (Lipinski definition) is 2. The highest BCUT2D eigenvalue weighted by atomic mass is 19.1. The van der Waals surface area contributed by atoms with Gasteiger partial charge in [0.25, 0.3) is 5.91 Å². The SMILES string of the molecule is CCC(C)C(NC(=O)C(C)Oc1ccccc1F)C(=O)O. The number of hydrogen-bond acceptors (Lipinski definition) is 3. The van der Waals surface area contributed by atoms with Crippen molar-refractivity contribution in [1.29, 1.82) is 0 Å². The first-order valence-corrected chi connectivity index (χ1v) is 6.81. The number of benzene rings is 1. The van der Waals surface area contributed by atoms with Gasteiger partial charge in [-0.3, -0.25) is 4.79 Å². The van der Waals surface area contributed by atoms with E-state index in [1.165, 1.54) is 25.1 Å². The normalized spacial score (nSPS) is 14.9. The Balaban J connectivity index is 2.70. The molecule has 2 N–H and O–H groups in total. The number of carbonyl (C=O) groups excluding carboxylic acids is 1. The maximum atomic E-state index is 13.4. The quantitative estimate of drug-likeness (QED) is 0.809. The molecule has 3 atom stereocenters. The second-order valence-corrected chi connectivity index (χ2v) is 4.90. The van der Waals surface area contributed by atoms with Crippen LogP contribution >= 0.6 is 0 Å². The molecule has 6 heteroatoms. The molecule has 1 aromatic rings. The number of halogens is 1. The predicted molar refractivity (Wildman–Crippen MR) is 75.5 cm³/mol. The van der Waals surface area contributed by atoms with Crippen LogP contribution < -0.4 is 10.1 Å². The van der Waals surface area contributed by atoms with Crippen LogP contribution in [0.2, 0.25) is 0 Å². The summed E-state index contributed by atoms with van der Waals surface area (Å²) in [4.78, 5) is 23.1. The molecule has 1 aromatic carbocycles. The van der Waals surface area contributed by atoms with Gasteiger partial charge in [0.1, 0.15) is 6.04 Å². The van der Waals surface area contributed by atoms with Gasteiger partial charge in [-0.25, -0.2) is 9.18 Å². The molecule has 21 heavy (non-hydrogen) atoms. The van der Waals surface area contributed by atoms with E-state index < -0.39 is 29.8 Å². The Kier molecular flexibility index (Phi) is 6.14. The molecule has 1 amide bonds. The Bertz CT molecular complexity index is 506. The maximum Gasteiger partial charge on any atom is 0.326 e. The monoisotopic (exact) mass is 297 g/mol. The zero-order valence-corrected chi connectivity index (χ0v) is 12.3. The summed E-state index contributed by atoms with van der Waals surface area (Å²) >= 11 is 0. The Hall–Kier alpha value is -2.11. The average molecular weight is 297 g/mol. The second-order valence-electron chi connectivity index (χ2n) is 4.90. The van der Waals surface area contributed by atoms with Crippen LogP contribution in [0.4, 0.5) is 4.39 Å². The number of para-hydroxylation sites is 1. The summed E-state index contributed by atoms with van der Waals surface area (Å²) in [5, 5.41) is 11.5. The van der Waals surface area contributed by atoms with Gasteiger partial charge in [-0.15, -0.1) is 0 Å². The molecule has 0 saturated heterocycles. The van der Waals surface area contributed by atoms with Gasteiger partial charge in [-0.1, -0.05) is 32.4 Å². The smallest absolute Gasteiger partial charge is 0.326 e. The summed E-state index contributed by atoms with van der Waals surface area (Å²) in [5.74, 6) is -2.53. The summed E-state index contributed by atoms with van der Waals surface area (Å²) < 4.78 is 18.7. The average Bonchev–Trinajstić information content (AvgIpc) is 2.45. The Labute approximate surface area is 123 Å². The molecule has 116 valence electrons. The first kappa shape index (κ1) is 16.9. The molecule has 0 aliphatic carbocycles. The van der Waals surface area contributed by atoms with Gasteiger partial charge in [0, 0.05) is 0 Å². The minimum absolute atomic E-state index is 0.0458. The van der Waals surface area contributed by atoms with Gasteiger partial charge in [-0.05, 0) is 25.0 Å². The molecule has 1 rings (SSSR count). The Morgan fingerprint density at radius 1 is 1.33 bits per heavy atom. The highest BCUT2D eigenvalue weighted by Crippen LogP contribution is 2.17. The van der Waals surface area contributed by atoms with E-state index >= 15 is 0 Å². The van der Waals surface area contributed by atoms with Gasteiger partial charge in [0.2, 0.25) is 0 Å². The highest BCUT2D eigenvalue weighted by molar-refractivity contribution is 5.86. The summed E-state index contributed by atoms with van der Waals surface area (Å²) in [7, 11) is 0. The van der Waals surface area contributed by atoms with Crippen molar-refractivity contribution in [3.8, 4) is 5.75 Å². The van der Waals surface area contributed by atoms with Crippen LogP contribution in [0.15, 0.2) is 24.3 Å². The summed E-state index contributed by atoms with van der Waals surface area (Å²) in [6, 6.07) is 4.73. The molecule has 0 saturated carbocycles. The van der Waals surface area contributed by atoms with Crippen LogP contribution in [0.3, 0.4) is 0 Å². The fourth-order valence-electron chi connectivity index (χ4n) is 1.74. The van der Waals surface area contributed by atoms with Crippen LogP contribution in [0.25, 0.3) is 0 Å². The van der Waals surface area contributed by atoms with Crippen molar-refractivity contribution in [3.05, 3.63) is 30.1 Å². The van der Waals surface area contributed by atoms with E-state index in [9.17, 15) is 14.0 Å². The maximum absolute atomic E-state index is 13.4. The van der Waals surface area contributed by atoms with Crippen molar-refractivity contribution in [1.82, 2.24) is 5.32 Å². The molecule has 3 unspecified atom stereocenters. The number of ether oxygens (including phenoxy) is 1. The van der Waals surface area contributed by atoms with Gasteiger partial charge in [0.15, 0.2) is 17.7 Å². The number of carboxylic acid groups (broad SMARTS) is 1. The standard InChI is InChI=1S/C15H20FNO4/c1-4-9(2)13(15(19)20)17-14(18)10(3)21-12-8-6-5-7-11(12)16/h5-10,13H,4H2,1-3H3,(H,17,18)(H,19,20). The molecule has 0 aromatic heterocycles. The number of aliphatic carboxylic acids is 1. The topological polar surface area (TPSA) is 75.6 Å². The minimum atomic E-state index is -1.10. The van der Waals surface area contributed by atoms with E-state index in [-0.39, 0.29) is 11.7 Å². The predicted octanol–water partition coefficient (Wildman–Crippen LogP) is 2.21. The fraction of sp³-hybridized carbons (Fsp3) is 0.467. The molecule has 0 aliphatic heterocycles. The van der Waals surface area contributed by atoms with Crippen molar-refractivity contribution in [2.75, 3.05) is 0 Å². The molecule has 0 heterocycles. The van der Waals surface area contributed by atoms with Crippen molar-refractivity contribution < 1.29 is 23.8 Å². The number of carbonyl (C=O) groups is 2. The number of carboxylic acids is 1. The lowest BCUT2D eigenvalue weighted by molar-refractivity contribution is -0.144. The first-order chi connectivity index (χ1) is 9.86. The van der Waals surface area contributed by atoms with Crippen molar-refractivity contribution >= 4 is 11.9 Å². The highest BCUT2D eigenvalue weighted by Gasteiger charge is 2.28. The molecular formula is C15H20FNO4. The van der Waals surface area contributed by atoms with Gasteiger partial charge in [-0.2, -0.15) is 0 Å². The van der Waals surface area contributed by atoms with Gasteiger partial charge < -0.3 is 15.2 Å². The molecule has 0 aliphatic rings. The van der Waals surface area contributed by atoms with Crippen LogP contribution in [0.1, 0.15) is 27.2 Å². The minimum Gasteiger partial charge on any atom is -0.480 e. The van der Waals surface area contributed by atoms with E-state index in [4.69, 9.17) is 9.84 Å². The van der Waals surface area contributed by atoms with E-state index in [1.807, 2.05) is 6.92 Å². The molecular weight excluding hydrogens is 277 g/mol. The molecule has 0 spiro atoms. The van der Waals surface area contributed by atoms with Gasteiger partial charge in [0.05, 0.1) is 0 Å². The lowest BCUT2D eigenvalue weighted by atomic mass is 9.99. The van der Waals surface area contributed by atoms with Crippen molar-refractivity contribution in [2.45, 2.75) is 39.3 Å². The summed E-state index contributed by atoms with van der Waals surface area (Å²) in [6.45, 7) is 5.02. The molecule has 0 radical (unpaired) electrons. The first-order valence-electron chi connectivity index (χ1n) is 6.81. The third-order valence-electron chi connectivity index (χ3n) is 3.29. The third kappa shape index (κ3) is 4.73. The number of nitrogens with one attached hydrogen (secondary N) is 1. The second kappa shape index (κ2) is 7.61. The van der Waals surface area contributed by atoms with E-state index in [0.717, 1.165) is 0 Å². The molecule has 0 bridgehead atoms. The van der Waals surface area contributed by atoms with E-state index in [0.29, 0.717) is 6.42 Å². The fourth-order valence-corrected chi connectivity index (χ4v) is 1.74. The van der Waals surface area contributed by atoms with E-state index in [1.54, 1.807) is 13.0 Å². The van der Waals surface area contributed by atoms with Crippen molar-refractivity contribution in [3.63, 3.8) is 0 Å². The van der Waals surface area contributed by atoms with Gasteiger partial charge >= 0.3 is 5.97 Å². The number of amides is 1. The van der Waals surface area contributed by atoms with Crippen LogP contribution in [0.5, 0.6) is 5.75 Å². The Morgan fingerprint density at radius 2 is 1.95 bits per heavy atom. The van der Waals surface area contributed by atoms with Crippen LogP contribution in [-0.2, 0) is 9.59 Å². The van der Waals surface area contributed by atoms with Crippen molar-refractivity contribution in [2.24, 2.45) is 5.92 Å². The summed E-state index contributed by atoms with van der Waals surface area (Å²) in [6.07, 6.45) is -0.382. The van der Waals surface area contributed by atoms with E-state index in [2.05, 4.69) is 5.32 Å². The van der Waals surface area contributed by atoms with Crippen LogP contribution in [-0.4, -0.2) is 29.1 Å². The third-order valence-corrected chi connectivity index (χ3v) is 3.29.